The fraction of sp³-hybridized carbons (Fsp3) is 0.263. The van der Waals surface area contributed by atoms with E-state index in [4.69, 9.17) is 9.72 Å². The molecule has 1 amide bonds. The molecule has 1 aliphatic heterocycles. The summed E-state index contributed by atoms with van der Waals surface area (Å²) in [6, 6.07) is 15.7. The third-order valence-corrected chi connectivity index (χ3v) is 6.27. The van der Waals surface area contributed by atoms with Crippen LogP contribution in [0.1, 0.15) is 23.2 Å². The molecular weight excluding hydrogens is 447 g/mol. The molecule has 25 heavy (non-hydrogen) atoms. The maximum absolute atomic E-state index is 13.3. The lowest BCUT2D eigenvalue weighted by Gasteiger charge is -2.23. The Balaban J connectivity index is 1.72. The predicted octanol–water partition coefficient (Wildman–Crippen LogP) is 4.73. The first-order valence-electron chi connectivity index (χ1n) is 8.26. The minimum absolute atomic E-state index is 0.0143. The Labute approximate surface area is 164 Å². The van der Waals surface area contributed by atoms with Gasteiger partial charge in [-0.1, -0.05) is 35.6 Å². The molecule has 128 valence electrons. The van der Waals surface area contributed by atoms with Gasteiger partial charge in [-0.25, -0.2) is 4.98 Å². The number of para-hydroxylation sites is 1. The average molecular weight is 464 g/mol. The van der Waals surface area contributed by atoms with Gasteiger partial charge in [0.1, 0.15) is 0 Å². The molecule has 3 aromatic rings. The first kappa shape index (κ1) is 16.9. The van der Waals surface area contributed by atoms with Crippen LogP contribution in [0.15, 0.2) is 48.5 Å². The molecule has 6 heteroatoms. The van der Waals surface area contributed by atoms with Crippen LogP contribution in [-0.4, -0.2) is 30.1 Å². The summed E-state index contributed by atoms with van der Waals surface area (Å²) in [4.78, 5) is 19.7. The minimum Gasteiger partial charge on any atom is -0.376 e. The van der Waals surface area contributed by atoms with Crippen LogP contribution >= 0.6 is 33.9 Å². The van der Waals surface area contributed by atoms with E-state index in [0.29, 0.717) is 12.1 Å². The fourth-order valence-corrected chi connectivity index (χ4v) is 4.59. The molecular formula is C19H17IN2O2S. The Morgan fingerprint density at radius 3 is 2.80 bits per heavy atom. The van der Waals surface area contributed by atoms with E-state index in [1.54, 1.807) is 16.2 Å². The smallest absolute Gasteiger partial charge is 0.261 e. The maximum Gasteiger partial charge on any atom is 0.261 e. The Kier molecular flexibility index (Phi) is 5.00. The van der Waals surface area contributed by atoms with E-state index in [1.165, 1.54) is 0 Å². The molecule has 4 nitrogen and oxygen atoms in total. The number of hydrogen-bond donors (Lipinski definition) is 0. The van der Waals surface area contributed by atoms with Crippen molar-refractivity contribution in [3.63, 3.8) is 0 Å². The number of aromatic nitrogens is 1. The van der Waals surface area contributed by atoms with Crippen molar-refractivity contribution in [1.29, 1.82) is 0 Å². The van der Waals surface area contributed by atoms with Crippen molar-refractivity contribution in [3.8, 4) is 0 Å². The molecule has 0 saturated carbocycles. The molecule has 1 unspecified atom stereocenters. The van der Waals surface area contributed by atoms with E-state index in [1.807, 2.05) is 48.5 Å². The molecule has 0 spiro atoms. The van der Waals surface area contributed by atoms with Crippen molar-refractivity contribution >= 4 is 55.2 Å². The number of benzene rings is 2. The summed E-state index contributed by atoms with van der Waals surface area (Å²) in [5, 5.41) is 0.737. The number of anilines is 1. The van der Waals surface area contributed by atoms with Crippen molar-refractivity contribution in [2.24, 2.45) is 0 Å². The van der Waals surface area contributed by atoms with Crippen molar-refractivity contribution < 1.29 is 9.53 Å². The van der Waals surface area contributed by atoms with Gasteiger partial charge in [0, 0.05) is 10.2 Å². The van der Waals surface area contributed by atoms with E-state index in [-0.39, 0.29) is 12.0 Å². The van der Waals surface area contributed by atoms with Crippen LogP contribution in [0.3, 0.4) is 0 Å². The highest BCUT2D eigenvalue weighted by Gasteiger charge is 2.27. The second-order valence-electron chi connectivity index (χ2n) is 5.99. The van der Waals surface area contributed by atoms with E-state index < -0.39 is 0 Å². The zero-order valence-electron chi connectivity index (χ0n) is 13.5. The van der Waals surface area contributed by atoms with Crippen LogP contribution in [0.25, 0.3) is 10.2 Å². The number of carbonyl (C=O) groups excluding carboxylic acids is 1. The third kappa shape index (κ3) is 3.56. The first-order chi connectivity index (χ1) is 12.2. The number of ether oxygens (including phenoxy) is 1. The molecule has 2 heterocycles. The van der Waals surface area contributed by atoms with E-state index in [2.05, 4.69) is 22.6 Å². The first-order valence-corrected chi connectivity index (χ1v) is 10.2. The normalized spacial score (nSPS) is 17.1. The van der Waals surface area contributed by atoms with Gasteiger partial charge in [0.05, 0.1) is 28.4 Å². The van der Waals surface area contributed by atoms with E-state index in [0.717, 1.165) is 38.4 Å². The van der Waals surface area contributed by atoms with Crippen LogP contribution < -0.4 is 4.90 Å². The second-order valence-corrected chi connectivity index (χ2v) is 8.17. The molecule has 1 aliphatic rings. The molecule has 1 atom stereocenters. The summed E-state index contributed by atoms with van der Waals surface area (Å²) in [6.45, 7) is 1.32. The van der Waals surface area contributed by atoms with Crippen LogP contribution in [0.4, 0.5) is 5.13 Å². The zero-order valence-corrected chi connectivity index (χ0v) is 16.5. The number of thiazole rings is 1. The predicted molar refractivity (Wildman–Crippen MR) is 109 cm³/mol. The van der Waals surface area contributed by atoms with Gasteiger partial charge >= 0.3 is 0 Å². The SMILES string of the molecule is O=C(c1ccccc1I)N(CC1CCCO1)c1nc2ccccc2s1. The number of hydrogen-bond acceptors (Lipinski definition) is 4. The average Bonchev–Trinajstić information content (AvgIpc) is 3.28. The molecule has 1 saturated heterocycles. The van der Waals surface area contributed by atoms with Gasteiger partial charge < -0.3 is 4.74 Å². The van der Waals surface area contributed by atoms with Crippen LogP contribution in [0.5, 0.6) is 0 Å². The Hall–Kier alpha value is -1.51. The van der Waals surface area contributed by atoms with Gasteiger partial charge in [0.15, 0.2) is 5.13 Å². The van der Waals surface area contributed by atoms with E-state index in [9.17, 15) is 4.79 Å². The molecule has 0 bridgehead atoms. The Morgan fingerprint density at radius 1 is 1.24 bits per heavy atom. The summed E-state index contributed by atoms with van der Waals surface area (Å²) in [5.74, 6) is -0.0143. The molecule has 1 aromatic heterocycles. The number of nitrogens with zero attached hydrogens (tertiary/aromatic N) is 2. The highest BCUT2D eigenvalue weighted by Crippen LogP contribution is 2.31. The lowest BCUT2D eigenvalue weighted by atomic mass is 10.2. The molecule has 0 aliphatic carbocycles. The molecule has 0 N–H and O–H groups in total. The fourth-order valence-electron chi connectivity index (χ4n) is 3.00. The highest BCUT2D eigenvalue weighted by atomic mass is 127. The summed E-state index contributed by atoms with van der Waals surface area (Å²) in [5.41, 5.74) is 1.63. The number of amides is 1. The number of halogens is 1. The molecule has 4 rings (SSSR count). The number of rotatable bonds is 4. The van der Waals surface area contributed by atoms with Gasteiger partial charge in [-0.15, -0.1) is 0 Å². The van der Waals surface area contributed by atoms with Gasteiger partial charge in [-0.3, -0.25) is 9.69 Å². The molecule has 0 radical (unpaired) electrons. The quantitative estimate of drug-likeness (QED) is 0.525. The third-order valence-electron chi connectivity index (χ3n) is 4.27. The molecule has 2 aromatic carbocycles. The summed E-state index contributed by atoms with van der Waals surface area (Å²) < 4.78 is 7.81. The summed E-state index contributed by atoms with van der Waals surface area (Å²) >= 11 is 3.77. The molecule has 1 fully saturated rings. The van der Waals surface area contributed by atoms with Gasteiger partial charge in [0.2, 0.25) is 0 Å². The van der Waals surface area contributed by atoms with Crippen molar-refractivity contribution in [2.75, 3.05) is 18.1 Å². The second kappa shape index (κ2) is 7.39. The zero-order chi connectivity index (χ0) is 17.2. The maximum atomic E-state index is 13.3. The lowest BCUT2D eigenvalue weighted by molar-refractivity contribution is 0.0916. The number of fused-ring (bicyclic) bond motifs is 1. The minimum atomic E-state index is -0.0143. The monoisotopic (exact) mass is 464 g/mol. The van der Waals surface area contributed by atoms with Crippen LogP contribution in [-0.2, 0) is 4.74 Å². The summed E-state index contributed by atoms with van der Waals surface area (Å²) in [7, 11) is 0. The Bertz CT molecular complexity index is 872. The van der Waals surface area contributed by atoms with Crippen molar-refractivity contribution in [3.05, 3.63) is 57.7 Å². The van der Waals surface area contributed by atoms with E-state index >= 15 is 0 Å². The van der Waals surface area contributed by atoms with Crippen molar-refractivity contribution in [1.82, 2.24) is 4.98 Å². The van der Waals surface area contributed by atoms with Crippen molar-refractivity contribution in [2.45, 2.75) is 18.9 Å². The van der Waals surface area contributed by atoms with Gasteiger partial charge in [-0.05, 0) is 59.7 Å². The summed E-state index contributed by atoms with van der Waals surface area (Å²) in [6.07, 6.45) is 2.12. The number of carbonyl (C=O) groups is 1. The van der Waals surface area contributed by atoms with Gasteiger partial charge in [-0.2, -0.15) is 0 Å². The van der Waals surface area contributed by atoms with Gasteiger partial charge in [0.25, 0.3) is 5.91 Å². The Morgan fingerprint density at radius 2 is 2.04 bits per heavy atom. The topological polar surface area (TPSA) is 42.4 Å². The van der Waals surface area contributed by atoms with Crippen LogP contribution in [0.2, 0.25) is 0 Å². The lowest BCUT2D eigenvalue weighted by Crippen LogP contribution is -2.37. The highest BCUT2D eigenvalue weighted by molar-refractivity contribution is 14.1. The standard InChI is InChI=1S/C19H17IN2O2S/c20-15-8-2-1-7-14(15)18(23)22(12-13-6-5-11-24-13)19-21-16-9-3-4-10-17(16)25-19/h1-4,7-10,13H,5-6,11-12H2. The van der Waals surface area contributed by atoms with Crippen LogP contribution in [0, 0.1) is 3.57 Å². The largest absolute Gasteiger partial charge is 0.376 e.